The van der Waals surface area contributed by atoms with Crippen molar-refractivity contribution in [2.75, 3.05) is 37.6 Å². The number of imide groups is 1. The topological polar surface area (TPSA) is 43.9 Å². The summed E-state index contributed by atoms with van der Waals surface area (Å²) in [6.45, 7) is 7.66. The summed E-state index contributed by atoms with van der Waals surface area (Å²) in [6, 6.07) is 10.2. The van der Waals surface area contributed by atoms with Crippen LogP contribution in [0.2, 0.25) is 0 Å². The Labute approximate surface area is 174 Å². The van der Waals surface area contributed by atoms with E-state index in [9.17, 15) is 18.4 Å². The summed E-state index contributed by atoms with van der Waals surface area (Å²) >= 11 is 0. The number of likely N-dealkylation sites (N-methyl/N-ethyl adjacent to an activating group) is 1. The second kappa shape index (κ2) is 7.99. The maximum atomic E-state index is 14.5. The highest BCUT2D eigenvalue weighted by Crippen LogP contribution is 2.36. The molecule has 1 saturated heterocycles. The van der Waals surface area contributed by atoms with Crippen molar-refractivity contribution in [3.05, 3.63) is 70.9 Å². The van der Waals surface area contributed by atoms with Crippen LogP contribution < -0.4 is 4.90 Å². The van der Waals surface area contributed by atoms with Crippen LogP contribution in [0.3, 0.4) is 0 Å². The minimum Gasteiger partial charge on any atom is -0.364 e. The molecule has 0 aliphatic carbocycles. The Morgan fingerprint density at radius 1 is 0.900 bits per heavy atom. The van der Waals surface area contributed by atoms with E-state index in [4.69, 9.17) is 0 Å². The van der Waals surface area contributed by atoms with Crippen molar-refractivity contribution >= 4 is 23.1 Å². The van der Waals surface area contributed by atoms with Crippen LogP contribution in [-0.4, -0.2) is 54.3 Å². The van der Waals surface area contributed by atoms with E-state index in [0.29, 0.717) is 24.7 Å². The summed E-state index contributed by atoms with van der Waals surface area (Å²) in [4.78, 5) is 31.7. The molecular weight excluding hydrogens is 388 g/mol. The predicted molar refractivity (Wildman–Crippen MR) is 111 cm³/mol. The van der Waals surface area contributed by atoms with E-state index >= 15 is 0 Å². The summed E-state index contributed by atoms with van der Waals surface area (Å²) in [6.07, 6.45) is 0. The van der Waals surface area contributed by atoms with Gasteiger partial charge in [0.1, 0.15) is 17.3 Å². The maximum absolute atomic E-state index is 14.5. The average molecular weight is 411 g/mol. The summed E-state index contributed by atoms with van der Waals surface area (Å²) < 4.78 is 27.9. The monoisotopic (exact) mass is 411 g/mol. The molecule has 1 fully saturated rings. The lowest BCUT2D eigenvalue weighted by Gasteiger charge is -2.36. The van der Waals surface area contributed by atoms with Crippen LogP contribution in [0.5, 0.6) is 0 Å². The number of carbonyl (C=O) groups excluding carboxylic acids is 2. The molecule has 156 valence electrons. The van der Waals surface area contributed by atoms with E-state index in [2.05, 4.69) is 11.8 Å². The number of carbonyl (C=O) groups is 2. The SMILES string of the molecule is CCN1CCN(C2=C(c3ccc(C)cc3)C(=O)N(c3ccc(F)cc3F)C2=O)CC1. The molecule has 0 saturated carbocycles. The van der Waals surface area contributed by atoms with Crippen LogP contribution in [0, 0.1) is 18.6 Å². The Bertz CT molecular complexity index is 1030. The summed E-state index contributed by atoms with van der Waals surface area (Å²) in [5.41, 5.74) is 1.93. The number of anilines is 1. The van der Waals surface area contributed by atoms with Crippen molar-refractivity contribution in [2.24, 2.45) is 0 Å². The van der Waals surface area contributed by atoms with Gasteiger partial charge in [-0.1, -0.05) is 36.8 Å². The van der Waals surface area contributed by atoms with Gasteiger partial charge in [0.2, 0.25) is 0 Å². The first-order valence-corrected chi connectivity index (χ1v) is 10.0. The molecule has 4 rings (SSSR count). The Hall–Kier alpha value is -3.06. The molecule has 5 nitrogen and oxygen atoms in total. The molecule has 0 atom stereocenters. The Kier molecular flexibility index (Phi) is 5.39. The van der Waals surface area contributed by atoms with E-state index in [1.54, 1.807) is 12.1 Å². The number of aryl methyl sites for hydroxylation is 1. The average Bonchev–Trinajstić information content (AvgIpc) is 2.99. The lowest BCUT2D eigenvalue weighted by molar-refractivity contribution is -0.120. The number of hydrogen-bond donors (Lipinski definition) is 0. The molecule has 2 amide bonds. The molecule has 0 aromatic heterocycles. The standard InChI is InChI=1S/C23H23F2N3O2/c1-3-26-10-12-27(13-11-26)21-20(16-6-4-15(2)5-7-16)22(29)28(23(21)30)19-9-8-17(24)14-18(19)25/h4-9,14H,3,10-13H2,1-2H3. The van der Waals surface area contributed by atoms with Gasteiger partial charge >= 0.3 is 0 Å². The van der Waals surface area contributed by atoms with Crippen LogP contribution in [-0.2, 0) is 9.59 Å². The zero-order chi connectivity index (χ0) is 21.4. The molecule has 7 heteroatoms. The zero-order valence-corrected chi connectivity index (χ0v) is 17.0. The first-order valence-electron chi connectivity index (χ1n) is 10.0. The minimum atomic E-state index is -0.947. The molecule has 30 heavy (non-hydrogen) atoms. The molecule has 0 bridgehead atoms. The number of piperazine rings is 1. The first-order chi connectivity index (χ1) is 14.4. The van der Waals surface area contributed by atoms with Crippen LogP contribution >= 0.6 is 0 Å². The normalized spacial score (nSPS) is 18.0. The highest BCUT2D eigenvalue weighted by atomic mass is 19.1. The summed E-state index contributed by atoms with van der Waals surface area (Å²) in [7, 11) is 0. The largest absolute Gasteiger partial charge is 0.364 e. The molecule has 0 spiro atoms. The van der Waals surface area contributed by atoms with Crippen LogP contribution in [0.25, 0.3) is 5.57 Å². The van der Waals surface area contributed by atoms with E-state index in [0.717, 1.165) is 42.2 Å². The Balaban J connectivity index is 1.79. The van der Waals surface area contributed by atoms with Gasteiger partial charge in [0.15, 0.2) is 0 Å². The molecule has 2 aromatic carbocycles. The van der Waals surface area contributed by atoms with Gasteiger partial charge in [-0.2, -0.15) is 0 Å². The lowest BCUT2D eigenvalue weighted by atomic mass is 10.0. The fourth-order valence-corrected chi connectivity index (χ4v) is 3.96. The molecule has 2 heterocycles. The van der Waals surface area contributed by atoms with Crippen LogP contribution in [0.1, 0.15) is 18.1 Å². The van der Waals surface area contributed by atoms with E-state index in [1.165, 1.54) is 0 Å². The highest BCUT2D eigenvalue weighted by molar-refractivity contribution is 6.45. The highest BCUT2D eigenvalue weighted by Gasteiger charge is 2.43. The molecule has 2 aliphatic heterocycles. The third-order valence-corrected chi connectivity index (χ3v) is 5.69. The van der Waals surface area contributed by atoms with Crippen molar-refractivity contribution < 1.29 is 18.4 Å². The summed E-state index contributed by atoms with van der Waals surface area (Å²) in [5, 5.41) is 0. The van der Waals surface area contributed by atoms with E-state index < -0.39 is 23.4 Å². The molecule has 0 N–H and O–H groups in total. The number of halogens is 2. The fourth-order valence-electron chi connectivity index (χ4n) is 3.96. The van der Waals surface area contributed by atoms with Gasteiger partial charge in [-0.25, -0.2) is 13.7 Å². The van der Waals surface area contributed by atoms with E-state index in [1.807, 2.05) is 24.0 Å². The summed E-state index contributed by atoms with van der Waals surface area (Å²) in [5.74, 6) is -2.89. The molecule has 0 unspecified atom stereocenters. The van der Waals surface area contributed by atoms with Crippen molar-refractivity contribution in [1.82, 2.24) is 9.80 Å². The van der Waals surface area contributed by atoms with Gasteiger partial charge in [0.25, 0.3) is 11.8 Å². The molecule has 2 aliphatic rings. The van der Waals surface area contributed by atoms with Gasteiger partial charge in [-0.15, -0.1) is 0 Å². The zero-order valence-electron chi connectivity index (χ0n) is 17.0. The van der Waals surface area contributed by atoms with Gasteiger partial charge in [0.05, 0.1) is 11.3 Å². The lowest BCUT2D eigenvalue weighted by Crippen LogP contribution is -2.47. The van der Waals surface area contributed by atoms with E-state index in [-0.39, 0.29) is 17.0 Å². The number of benzene rings is 2. The number of hydrogen-bond acceptors (Lipinski definition) is 4. The van der Waals surface area contributed by atoms with Gasteiger partial charge < -0.3 is 9.80 Å². The van der Waals surface area contributed by atoms with Gasteiger partial charge in [-0.3, -0.25) is 9.59 Å². The van der Waals surface area contributed by atoms with Gasteiger partial charge in [0, 0.05) is 32.2 Å². The molecule has 0 radical (unpaired) electrons. The third-order valence-electron chi connectivity index (χ3n) is 5.69. The number of nitrogens with zero attached hydrogens (tertiary/aromatic N) is 3. The fraction of sp³-hybridized carbons (Fsp3) is 0.304. The van der Waals surface area contributed by atoms with Crippen molar-refractivity contribution in [1.29, 1.82) is 0 Å². The van der Waals surface area contributed by atoms with Crippen molar-refractivity contribution in [3.63, 3.8) is 0 Å². The second-order valence-electron chi connectivity index (χ2n) is 7.55. The van der Waals surface area contributed by atoms with Crippen molar-refractivity contribution in [2.45, 2.75) is 13.8 Å². The predicted octanol–water partition coefficient (Wildman–Crippen LogP) is 3.20. The Morgan fingerprint density at radius 2 is 1.57 bits per heavy atom. The number of amides is 2. The maximum Gasteiger partial charge on any atom is 0.282 e. The van der Waals surface area contributed by atoms with Crippen LogP contribution in [0.4, 0.5) is 14.5 Å². The Morgan fingerprint density at radius 3 is 2.17 bits per heavy atom. The third kappa shape index (κ3) is 3.50. The van der Waals surface area contributed by atoms with Crippen molar-refractivity contribution in [3.8, 4) is 0 Å². The number of rotatable bonds is 4. The quantitative estimate of drug-likeness (QED) is 0.725. The molecular formula is C23H23F2N3O2. The van der Waals surface area contributed by atoms with Gasteiger partial charge in [-0.05, 0) is 31.2 Å². The second-order valence-corrected chi connectivity index (χ2v) is 7.55. The molecule has 2 aromatic rings. The minimum absolute atomic E-state index is 0.238. The van der Waals surface area contributed by atoms with Crippen LogP contribution in [0.15, 0.2) is 48.2 Å². The first kappa shape index (κ1) is 20.2. The smallest absolute Gasteiger partial charge is 0.282 e.